The van der Waals surface area contributed by atoms with Gasteiger partial charge in [0.2, 0.25) is 5.91 Å². The van der Waals surface area contributed by atoms with Crippen molar-refractivity contribution in [1.29, 1.82) is 0 Å². The summed E-state index contributed by atoms with van der Waals surface area (Å²) in [5.74, 6) is -1.38. The lowest BCUT2D eigenvalue weighted by molar-refractivity contribution is -0.144. The summed E-state index contributed by atoms with van der Waals surface area (Å²) in [6.07, 6.45) is 2.92. The lowest BCUT2D eigenvalue weighted by Crippen LogP contribution is -2.38. The molecule has 6 nitrogen and oxygen atoms in total. The highest BCUT2D eigenvalue weighted by molar-refractivity contribution is 7.16. The van der Waals surface area contributed by atoms with Gasteiger partial charge in [-0.25, -0.2) is 4.79 Å². The van der Waals surface area contributed by atoms with Crippen molar-refractivity contribution in [2.75, 3.05) is 27.2 Å². The summed E-state index contributed by atoms with van der Waals surface area (Å²) in [6, 6.07) is 13.8. The topological polar surface area (TPSA) is 75.7 Å². The van der Waals surface area contributed by atoms with Crippen LogP contribution < -0.4 is 5.32 Å². The average Bonchev–Trinajstić information content (AvgIpc) is 3.12. The van der Waals surface area contributed by atoms with Crippen molar-refractivity contribution in [3.8, 4) is 10.4 Å². The van der Waals surface area contributed by atoms with Crippen molar-refractivity contribution in [2.24, 2.45) is 0 Å². The number of likely N-dealkylation sites (N-methyl/N-ethyl adjacent to an activating group) is 1. The third-order valence-electron chi connectivity index (χ3n) is 3.35. The van der Waals surface area contributed by atoms with E-state index in [0.29, 0.717) is 0 Å². The van der Waals surface area contributed by atoms with Crippen LogP contribution in [0, 0.1) is 0 Å². The molecule has 136 valence electrons. The average molecular weight is 372 g/mol. The van der Waals surface area contributed by atoms with Crippen LogP contribution in [-0.2, 0) is 19.1 Å². The molecule has 2 rings (SSSR count). The van der Waals surface area contributed by atoms with E-state index in [1.165, 1.54) is 11.0 Å². The summed E-state index contributed by atoms with van der Waals surface area (Å²) in [5.41, 5.74) is 1.11. The number of nitrogens with one attached hydrogen (secondary N) is 1. The number of esters is 1. The Hall–Kier alpha value is -2.93. The zero-order valence-electron chi connectivity index (χ0n) is 14.6. The maximum Gasteiger partial charge on any atom is 0.331 e. The Balaban J connectivity index is 1.78. The molecule has 7 heteroatoms. The molecule has 0 spiro atoms. The molecule has 1 aromatic carbocycles. The summed E-state index contributed by atoms with van der Waals surface area (Å²) in [6.45, 7) is -0.555. The van der Waals surface area contributed by atoms with Gasteiger partial charge in [0, 0.05) is 29.9 Å². The van der Waals surface area contributed by atoms with Gasteiger partial charge in [-0.3, -0.25) is 9.59 Å². The van der Waals surface area contributed by atoms with Crippen molar-refractivity contribution >= 4 is 35.2 Å². The number of carbonyl (C=O) groups is 3. The molecule has 0 radical (unpaired) electrons. The molecule has 2 amide bonds. The van der Waals surface area contributed by atoms with E-state index in [1.807, 2.05) is 42.5 Å². The second kappa shape index (κ2) is 9.53. The zero-order chi connectivity index (χ0) is 18.9. The quantitative estimate of drug-likeness (QED) is 0.597. The molecule has 26 heavy (non-hydrogen) atoms. The molecule has 0 unspecified atom stereocenters. The molecule has 0 aliphatic carbocycles. The fourth-order valence-electron chi connectivity index (χ4n) is 1.92. The van der Waals surface area contributed by atoms with Crippen LogP contribution in [-0.4, -0.2) is 49.9 Å². The van der Waals surface area contributed by atoms with Gasteiger partial charge < -0.3 is 15.0 Å². The fourth-order valence-corrected chi connectivity index (χ4v) is 2.83. The number of hydrogen-bond acceptors (Lipinski definition) is 5. The predicted octanol–water partition coefficient (Wildman–Crippen LogP) is 2.18. The van der Waals surface area contributed by atoms with E-state index in [9.17, 15) is 14.4 Å². The molecule has 0 fully saturated rings. The van der Waals surface area contributed by atoms with Crippen molar-refractivity contribution in [2.45, 2.75) is 0 Å². The van der Waals surface area contributed by atoms with Gasteiger partial charge in [0.15, 0.2) is 6.61 Å². The zero-order valence-corrected chi connectivity index (χ0v) is 15.4. The molecular weight excluding hydrogens is 352 g/mol. The first-order valence-corrected chi connectivity index (χ1v) is 8.74. The Morgan fingerprint density at radius 2 is 1.85 bits per heavy atom. The van der Waals surface area contributed by atoms with Crippen molar-refractivity contribution < 1.29 is 19.1 Å². The molecule has 1 aromatic heterocycles. The van der Waals surface area contributed by atoms with E-state index >= 15 is 0 Å². The molecule has 0 aliphatic heterocycles. The van der Waals surface area contributed by atoms with E-state index in [-0.39, 0.29) is 12.5 Å². The predicted molar refractivity (Wildman–Crippen MR) is 101 cm³/mol. The first kappa shape index (κ1) is 19.4. The van der Waals surface area contributed by atoms with Crippen LogP contribution in [0.25, 0.3) is 16.5 Å². The molecule has 2 aromatic rings. The summed E-state index contributed by atoms with van der Waals surface area (Å²) in [5, 5.41) is 2.39. The van der Waals surface area contributed by atoms with Gasteiger partial charge >= 0.3 is 5.97 Å². The Morgan fingerprint density at radius 3 is 2.54 bits per heavy atom. The number of thiophene rings is 1. The second-order valence-corrected chi connectivity index (χ2v) is 6.69. The van der Waals surface area contributed by atoms with E-state index in [4.69, 9.17) is 4.74 Å². The normalized spacial score (nSPS) is 10.5. The molecule has 0 saturated heterocycles. The largest absolute Gasteiger partial charge is 0.452 e. The lowest BCUT2D eigenvalue weighted by atomic mass is 10.2. The molecule has 1 N–H and O–H groups in total. The minimum absolute atomic E-state index is 0.128. The number of benzene rings is 1. The Kier molecular flexibility index (Phi) is 7.11. The molecule has 0 bridgehead atoms. The molecule has 0 atom stereocenters. The molecule has 1 heterocycles. The monoisotopic (exact) mass is 372 g/mol. The highest BCUT2D eigenvalue weighted by atomic mass is 32.1. The minimum atomic E-state index is -0.617. The van der Waals surface area contributed by atoms with E-state index < -0.39 is 18.5 Å². The number of ether oxygens (including phenoxy) is 1. The van der Waals surface area contributed by atoms with Crippen LogP contribution in [0.5, 0.6) is 0 Å². The SMILES string of the molecule is CN(C)C(=O)CNC(=O)COC(=O)/C=C/c1ccc(-c2ccccc2)s1. The van der Waals surface area contributed by atoms with Gasteiger partial charge in [-0.15, -0.1) is 11.3 Å². The maximum absolute atomic E-state index is 11.7. The Bertz CT molecular complexity index is 797. The first-order chi connectivity index (χ1) is 12.5. The van der Waals surface area contributed by atoms with Crippen molar-refractivity contribution in [3.05, 3.63) is 53.4 Å². The summed E-state index contributed by atoms with van der Waals surface area (Å²) >= 11 is 1.55. The Morgan fingerprint density at radius 1 is 1.12 bits per heavy atom. The first-order valence-electron chi connectivity index (χ1n) is 7.92. The number of amides is 2. The molecule has 0 aliphatic rings. The van der Waals surface area contributed by atoms with Crippen molar-refractivity contribution in [3.63, 3.8) is 0 Å². The van der Waals surface area contributed by atoms with Crippen LogP contribution >= 0.6 is 11.3 Å². The van der Waals surface area contributed by atoms with Crippen LogP contribution in [0.2, 0.25) is 0 Å². The summed E-state index contributed by atoms with van der Waals surface area (Å²) in [4.78, 5) is 37.9. The Labute approximate surface area is 156 Å². The van der Waals surface area contributed by atoms with Crippen molar-refractivity contribution in [1.82, 2.24) is 10.2 Å². The van der Waals surface area contributed by atoms with Crippen LogP contribution in [0.1, 0.15) is 4.88 Å². The van der Waals surface area contributed by atoms with Crippen LogP contribution in [0.3, 0.4) is 0 Å². The second-order valence-electron chi connectivity index (χ2n) is 5.57. The number of rotatable bonds is 7. The maximum atomic E-state index is 11.7. The highest BCUT2D eigenvalue weighted by Gasteiger charge is 2.09. The van der Waals surface area contributed by atoms with Gasteiger partial charge in [0.25, 0.3) is 5.91 Å². The van der Waals surface area contributed by atoms with Crippen LogP contribution in [0.15, 0.2) is 48.5 Å². The number of carbonyl (C=O) groups excluding carboxylic acids is 3. The van der Waals surface area contributed by atoms with E-state index in [0.717, 1.165) is 15.3 Å². The van der Waals surface area contributed by atoms with Gasteiger partial charge in [-0.2, -0.15) is 0 Å². The highest BCUT2D eigenvalue weighted by Crippen LogP contribution is 2.28. The number of nitrogens with zero attached hydrogens (tertiary/aromatic N) is 1. The van der Waals surface area contributed by atoms with Gasteiger partial charge in [-0.1, -0.05) is 30.3 Å². The lowest BCUT2D eigenvalue weighted by Gasteiger charge is -2.10. The minimum Gasteiger partial charge on any atom is -0.452 e. The summed E-state index contributed by atoms with van der Waals surface area (Å²) < 4.78 is 4.85. The third-order valence-corrected chi connectivity index (χ3v) is 4.45. The van der Waals surface area contributed by atoms with Gasteiger partial charge in [0.05, 0.1) is 6.54 Å². The molecular formula is C19H20N2O4S. The molecule has 0 saturated carbocycles. The van der Waals surface area contributed by atoms with E-state index in [1.54, 1.807) is 31.5 Å². The van der Waals surface area contributed by atoms with Gasteiger partial charge in [-0.05, 0) is 23.8 Å². The van der Waals surface area contributed by atoms with Crippen LogP contribution in [0.4, 0.5) is 0 Å². The number of hydrogen-bond donors (Lipinski definition) is 1. The third kappa shape index (κ3) is 6.18. The van der Waals surface area contributed by atoms with E-state index in [2.05, 4.69) is 5.32 Å². The van der Waals surface area contributed by atoms with Gasteiger partial charge in [0.1, 0.15) is 0 Å². The summed E-state index contributed by atoms with van der Waals surface area (Å²) in [7, 11) is 3.18. The fraction of sp³-hybridized carbons (Fsp3) is 0.211. The smallest absolute Gasteiger partial charge is 0.331 e. The standard InChI is InChI=1S/C19H20N2O4S/c1-21(2)18(23)12-20-17(22)13-25-19(24)11-9-15-8-10-16(26-15)14-6-4-3-5-7-14/h3-11H,12-13H2,1-2H3,(H,20,22)/b11-9+.